The molecule has 2 aromatic heterocycles. The third kappa shape index (κ3) is 4.73. The molecule has 2 N–H and O–H groups in total. The molecule has 0 saturated carbocycles. The van der Waals surface area contributed by atoms with Gasteiger partial charge in [0, 0.05) is 35.9 Å². The van der Waals surface area contributed by atoms with E-state index in [1.54, 1.807) is 47.3 Å². The Hall–Kier alpha value is -3.81. The van der Waals surface area contributed by atoms with Crippen LogP contribution in [0.1, 0.15) is 22.5 Å². The monoisotopic (exact) mass is 393 g/mol. The first-order chi connectivity index (χ1) is 14.0. The topological polar surface area (TPSA) is 88.4 Å². The van der Waals surface area contributed by atoms with Crippen molar-refractivity contribution >= 4 is 18.0 Å². The molecule has 148 valence electrons. The quantitative estimate of drug-likeness (QED) is 0.396. The molecule has 3 aromatic rings. The molecule has 0 aliphatic heterocycles. The average molecular weight is 393 g/mol. The van der Waals surface area contributed by atoms with Crippen LogP contribution in [0.25, 0.3) is 5.69 Å². The molecule has 0 unspecified atom stereocenters. The first-order valence-corrected chi connectivity index (χ1v) is 8.91. The molecule has 7 nitrogen and oxygen atoms in total. The minimum atomic E-state index is -0.877. The highest BCUT2D eigenvalue weighted by atomic mass is 19.1. The van der Waals surface area contributed by atoms with Gasteiger partial charge in [0.2, 0.25) is 0 Å². The summed E-state index contributed by atoms with van der Waals surface area (Å²) in [5.41, 5.74) is 5.72. The first kappa shape index (κ1) is 19.9. The van der Waals surface area contributed by atoms with Crippen molar-refractivity contribution in [3.8, 4) is 5.69 Å². The van der Waals surface area contributed by atoms with Crippen LogP contribution in [-0.4, -0.2) is 27.6 Å². The summed E-state index contributed by atoms with van der Waals surface area (Å²) in [4.78, 5) is 27.6. The van der Waals surface area contributed by atoms with Gasteiger partial charge in [-0.3, -0.25) is 14.6 Å². The molecular weight excluding hydrogens is 373 g/mol. The van der Waals surface area contributed by atoms with Crippen molar-refractivity contribution in [2.24, 2.45) is 5.10 Å². The molecule has 2 amide bonds. The predicted molar refractivity (Wildman–Crippen MR) is 107 cm³/mol. The fraction of sp³-hybridized carbons (Fsp3) is 0.143. The second-order valence-corrected chi connectivity index (χ2v) is 6.35. The van der Waals surface area contributed by atoms with Crippen molar-refractivity contribution in [3.05, 3.63) is 83.2 Å². The largest absolute Gasteiger partial charge is 0.344 e. The zero-order valence-electron chi connectivity index (χ0n) is 16.0. The predicted octanol–water partition coefficient (Wildman–Crippen LogP) is 2.39. The molecule has 1 aromatic carbocycles. The van der Waals surface area contributed by atoms with Gasteiger partial charge in [-0.1, -0.05) is 12.1 Å². The van der Waals surface area contributed by atoms with Crippen LogP contribution in [0.3, 0.4) is 0 Å². The molecule has 29 heavy (non-hydrogen) atoms. The van der Waals surface area contributed by atoms with Crippen LogP contribution < -0.4 is 10.7 Å². The molecule has 0 atom stereocenters. The summed E-state index contributed by atoms with van der Waals surface area (Å²) >= 11 is 0. The second-order valence-electron chi connectivity index (χ2n) is 6.35. The number of amides is 2. The van der Waals surface area contributed by atoms with E-state index in [0.717, 1.165) is 17.0 Å². The molecule has 8 heteroatoms. The van der Waals surface area contributed by atoms with Crippen LogP contribution in [0.4, 0.5) is 4.39 Å². The minimum Gasteiger partial charge on any atom is -0.344 e. The number of nitrogens with one attached hydrogen (secondary N) is 2. The number of aryl methyl sites for hydroxylation is 1. The van der Waals surface area contributed by atoms with E-state index in [1.165, 1.54) is 12.3 Å². The molecular formula is C21H20FN5O2. The third-order valence-electron chi connectivity index (χ3n) is 4.34. The van der Waals surface area contributed by atoms with E-state index >= 15 is 0 Å². The van der Waals surface area contributed by atoms with Crippen LogP contribution in [0.2, 0.25) is 0 Å². The number of aromatic nitrogens is 2. The van der Waals surface area contributed by atoms with Crippen molar-refractivity contribution < 1.29 is 14.0 Å². The van der Waals surface area contributed by atoms with E-state index < -0.39 is 11.8 Å². The molecule has 0 bridgehead atoms. The van der Waals surface area contributed by atoms with Crippen LogP contribution >= 0.6 is 0 Å². The fourth-order valence-electron chi connectivity index (χ4n) is 2.90. The van der Waals surface area contributed by atoms with Crippen LogP contribution in [-0.2, 0) is 16.1 Å². The van der Waals surface area contributed by atoms with Crippen molar-refractivity contribution in [1.29, 1.82) is 0 Å². The van der Waals surface area contributed by atoms with Gasteiger partial charge in [-0.05, 0) is 49.7 Å². The van der Waals surface area contributed by atoms with E-state index in [2.05, 4.69) is 20.8 Å². The molecule has 0 aliphatic rings. The zero-order chi connectivity index (χ0) is 20.8. The Balaban J connectivity index is 1.63. The number of benzene rings is 1. The summed E-state index contributed by atoms with van der Waals surface area (Å²) in [6.45, 7) is 3.88. The van der Waals surface area contributed by atoms with E-state index in [0.29, 0.717) is 11.3 Å². The molecule has 0 aliphatic carbocycles. The summed E-state index contributed by atoms with van der Waals surface area (Å²) in [6, 6.07) is 11.8. The number of carbonyl (C=O) groups excluding carboxylic acids is 2. The Morgan fingerprint density at radius 3 is 2.59 bits per heavy atom. The Labute approximate surface area is 167 Å². The first-order valence-electron chi connectivity index (χ1n) is 8.91. The summed E-state index contributed by atoms with van der Waals surface area (Å²) in [7, 11) is 0. The molecule has 0 spiro atoms. The molecule has 0 saturated heterocycles. The maximum absolute atomic E-state index is 14.1. The second kappa shape index (κ2) is 8.92. The van der Waals surface area contributed by atoms with Gasteiger partial charge in [0.15, 0.2) is 0 Å². The lowest BCUT2D eigenvalue weighted by Gasteiger charge is -2.10. The SMILES string of the molecule is Cc1cc(/C=N\NC(=O)C(=O)NCc2ccncc2)c(C)n1-c1ccccc1F. The van der Waals surface area contributed by atoms with Gasteiger partial charge in [0.05, 0.1) is 11.9 Å². The van der Waals surface area contributed by atoms with Crippen molar-refractivity contribution in [3.63, 3.8) is 0 Å². The van der Waals surface area contributed by atoms with Gasteiger partial charge >= 0.3 is 11.8 Å². The number of halogens is 1. The Morgan fingerprint density at radius 2 is 1.86 bits per heavy atom. The van der Waals surface area contributed by atoms with E-state index in [9.17, 15) is 14.0 Å². The lowest BCUT2D eigenvalue weighted by Crippen LogP contribution is -2.37. The van der Waals surface area contributed by atoms with Crippen molar-refractivity contribution in [2.75, 3.05) is 0 Å². The standard InChI is InChI=1S/C21H20FN5O2/c1-14-11-17(15(2)27(14)19-6-4-3-5-18(19)22)13-25-26-21(29)20(28)24-12-16-7-9-23-10-8-16/h3-11,13H,12H2,1-2H3,(H,24,28)(H,26,29)/b25-13-. The highest BCUT2D eigenvalue weighted by Gasteiger charge is 2.14. The highest BCUT2D eigenvalue weighted by Crippen LogP contribution is 2.21. The minimum absolute atomic E-state index is 0.211. The van der Waals surface area contributed by atoms with E-state index in [-0.39, 0.29) is 12.4 Å². The molecule has 2 heterocycles. The summed E-state index contributed by atoms with van der Waals surface area (Å²) in [6.07, 6.45) is 4.63. The number of para-hydroxylation sites is 1. The summed E-state index contributed by atoms with van der Waals surface area (Å²) in [5, 5.41) is 6.35. The smallest absolute Gasteiger partial charge is 0.329 e. The van der Waals surface area contributed by atoms with Gasteiger partial charge in [-0.15, -0.1) is 0 Å². The average Bonchev–Trinajstić information content (AvgIpc) is 3.00. The van der Waals surface area contributed by atoms with Gasteiger partial charge in [-0.25, -0.2) is 9.82 Å². The maximum atomic E-state index is 14.1. The number of nitrogens with zero attached hydrogens (tertiary/aromatic N) is 3. The number of hydrogen-bond acceptors (Lipinski definition) is 4. The summed E-state index contributed by atoms with van der Waals surface area (Å²) < 4.78 is 15.9. The van der Waals surface area contributed by atoms with Gasteiger partial charge in [0.25, 0.3) is 0 Å². The Bertz CT molecular complexity index is 1060. The number of carbonyl (C=O) groups is 2. The van der Waals surface area contributed by atoms with Gasteiger partial charge < -0.3 is 9.88 Å². The normalized spacial score (nSPS) is 10.9. The number of hydrogen-bond donors (Lipinski definition) is 2. The van der Waals surface area contributed by atoms with Crippen molar-refractivity contribution in [1.82, 2.24) is 20.3 Å². The summed E-state index contributed by atoms with van der Waals surface area (Å²) in [5.74, 6) is -2.01. The number of rotatable bonds is 5. The molecule has 0 radical (unpaired) electrons. The number of pyridine rings is 1. The van der Waals surface area contributed by atoms with Crippen LogP contribution in [0.15, 0.2) is 60.0 Å². The van der Waals surface area contributed by atoms with Gasteiger partial charge in [0.1, 0.15) is 5.82 Å². The Kier molecular flexibility index (Phi) is 6.13. The lowest BCUT2D eigenvalue weighted by atomic mass is 10.2. The molecule has 0 fully saturated rings. The zero-order valence-corrected chi connectivity index (χ0v) is 16.0. The van der Waals surface area contributed by atoms with E-state index in [4.69, 9.17) is 0 Å². The Morgan fingerprint density at radius 1 is 1.14 bits per heavy atom. The van der Waals surface area contributed by atoms with Crippen molar-refractivity contribution in [2.45, 2.75) is 20.4 Å². The lowest BCUT2D eigenvalue weighted by molar-refractivity contribution is -0.139. The molecule has 3 rings (SSSR count). The van der Waals surface area contributed by atoms with E-state index in [1.807, 2.05) is 19.9 Å². The maximum Gasteiger partial charge on any atom is 0.329 e. The van der Waals surface area contributed by atoms with Gasteiger partial charge in [-0.2, -0.15) is 5.10 Å². The number of hydrazone groups is 1. The van der Waals surface area contributed by atoms with Crippen LogP contribution in [0, 0.1) is 19.7 Å². The fourth-order valence-corrected chi connectivity index (χ4v) is 2.90. The third-order valence-corrected chi connectivity index (χ3v) is 4.34. The highest BCUT2D eigenvalue weighted by molar-refractivity contribution is 6.35. The van der Waals surface area contributed by atoms with Crippen LogP contribution in [0.5, 0.6) is 0 Å².